The molecule has 5 heteroatoms. The van der Waals surface area contributed by atoms with Crippen LogP contribution in [0, 0.1) is 4.77 Å². The highest BCUT2D eigenvalue weighted by Crippen LogP contribution is 2.14. The molecule has 1 heterocycles. The van der Waals surface area contributed by atoms with Gasteiger partial charge in [-0.25, -0.2) is 8.78 Å². The fourth-order valence-corrected chi connectivity index (χ4v) is 1.60. The van der Waals surface area contributed by atoms with Crippen molar-refractivity contribution in [3.63, 3.8) is 0 Å². The Morgan fingerprint density at radius 1 is 1.21 bits per heavy atom. The SMILES string of the molecule is FC(F)Cc1ccc2[nH]c(=S)[nH]c2c1. The summed E-state index contributed by atoms with van der Waals surface area (Å²) in [6, 6.07) is 5.11. The van der Waals surface area contributed by atoms with Crippen LogP contribution in [-0.2, 0) is 6.42 Å². The van der Waals surface area contributed by atoms with E-state index in [9.17, 15) is 8.78 Å². The normalized spacial score (nSPS) is 11.4. The van der Waals surface area contributed by atoms with Crippen LogP contribution in [0.2, 0.25) is 0 Å². The van der Waals surface area contributed by atoms with E-state index >= 15 is 0 Å². The number of nitrogens with one attached hydrogen (secondary N) is 2. The lowest BCUT2D eigenvalue weighted by Crippen LogP contribution is -1.95. The van der Waals surface area contributed by atoms with Gasteiger partial charge in [0.25, 0.3) is 0 Å². The molecule has 0 unspecified atom stereocenters. The lowest BCUT2D eigenvalue weighted by atomic mass is 10.1. The van der Waals surface area contributed by atoms with Crippen molar-refractivity contribution in [3.05, 3.63) is 28.5 Å². The molecule has 1 aromatic carbocycles. The van der Waals surface area contributed by atoms with Crippen LogP contribution in [0.15, 0.2) is 18.2 Å². The average Bonchev–Trinajstić information content (AvgIpc) is 2.42. The van der Waals surface area contributed by atoms with E-state index in [0.29, 0.717) is 10.3 Å². The summed E-state index contributed by atoms with van der Waals surface area (Å²) in [6.07, 6.45) is -2.53. The predicted molar refractivity (Wildman–Crippen MR) is 53.2 cm³/mol. The van der Waals surface area contributed by atoms with Gasteiger partial charge in [-0.1, -0.05) is 6.07 Å². The molecule has 2 N–H and O–H groups in total. The maximum Gasteiger partial charge on any atom is 0.242 e. The molecule has 2 aromatic rings. The Kier molecular flexibility index (Phi) is 2.33. The van der Waals surface area contributed by atoms with Crippen LogP contribution in [0.5, 0.6) is 0 Å². The molecule has 0 saturated heterocycles. The number of hydrogen-bond acceptors (Lipinski definition) is 1. The van der Waals surface area contributed by atoms with Crippen molar-refractivity contribution in [2.45, 2.75) is 12.8 Å². The number of rotatable bonds is 2. The third-order valence-electron chi connectivity index (χ3n) is 1.97. The molecule has 2 nitrogen and oxygen atoms in total. The molecule has 0 spiro atoms. The van der Waals surface area contributed by atoms with Gasteiger partial charge in [-0.3, -0.25) is 0 Å². The highest BCUT2D eigenvalue weighted by Gasteiger charge is 2.05. The quantitative estimate of drug-likeness (QED) is 0.740. The van der Waals surface area contributed by atoms with Crippen LogP contribution in [0.25, 0.3) is 11.0 Å². The van der Waals surface area contributed by atoms with Crippen molar-refractivity contribution < 1.29 is 8.78 Å². The molecule has 0 aliphatic carbocycles. The monoisotopic (exact) mass is 214 g/mol. The third-order valence-corrected chi connectivity index (χ3v) is 2.17. The van der Waals surface area contributed by atoms with Gasteiger partial charge in [0, 0.05) is 6.42 Å². The highest BCUT2D eigenvalue weighted by atomic mass is 32.1. The number of aromatic amines is 2. The molecular weight excluding hydrogens is 206 g/mol. The topological polar surface area (TPSA) is 31.6 Å². The predicted octanol–water partition coefficient (Wildman–Crippen LogP) is 3.03. The van der Waals surface area contributed by atoms with Gasteiger partial charge in [-0.15, -0.1) is 0 Å². The minimum absolute atomic E-state index is 0.221. The number of hydrogen-bond donors (Lipinski definition) is 2. The van der Waals surface area contributed by atoms with E-state index in [2.05, 4.69) is 9.97 Å². The van der Waals surface area contributed by atoms with Crippen molar-refractivity contribution in [2.75, 3.05) is 0 Å². The summed E-state index contributed by atoms with van der Waals surface area (Å²) in [6.45, 7) is 0. The summed E-state index contributed by atoms with van der Waals surface area (Å²) in [4.78, 5) is 5.80. The number of fused-ring (bicyclic) bond motifs is 1. The minimum Gasteiger partial charge on any atom is -0.331 e. The van der Waals surface area contributed by atoms with E-state index < -0.39 is 6.43 Å². The molecule has 0 radical (unpaired) electrons. The van der Waals surface area contributed by atoms with Crippen molar-refractivity contribution in [1.82, 2.24) is 9.97 Å². The number of halogens is 2. The second kappa shape index (κ2) is 3.49. The molecule has 74 valence electrons. The summed E-state index contributed by atoms with van der Waals surface area (Å²) in [5.74, 6) is 0. The second-order valence-corrected chi connectivity index (χ2v) is 3.46. The van der Waals surface area contributed by atoms with E-state index in [1.807, 2.05) is 0 Å². The summed E-state index contributed by atoms with van der Waals surface area (Å²) in [5, 5.41) is 0. The maximum atomic E-state index is 12.1. The summed E-state index contributed by atoms with van der Waals surface area (Å²) in [5.41, 5.74) is 2.22. The molecule has 0 amide bonds. The zero-order chi connectivity index (χ0) is 10.1. The Balaban J connectivity index is 2.45. The Morgan fingerprint density at radius 3 is 2.64 bits per heavy atom. The standard InChI is InChI=1S/C9H8F2N2S/c10-8(11)4-5-1-2-6-7(3-5)13-9(14)12-6/h1-3,8H,4H2,(H2,12,13,14). The zero-order valence-corrected chi connectivity index (χ0v) is 8.00. The Hall–Kier alpha value is -1.23. The molecule has 0 bridgehead atoms. The number of H-pyrrole nitrogens is 2. The number of imidazole rings is 1. The average molecular weight is 214 g/mol. The largest absolute Gasteiger partial charge is 0.331 e. The first-order valence-corrected chi connectivity index (χ1v) is 4.55. The van der Waals surface area contributed by atoms with Gasteiger partial charge in [0.1, 0.15) is 0 Å². The maximum absolute atomic E-state index is 12.1. The Morgan fingerprint density at radius 2 is 1.93 bits per heavy atom. The van der Waals surface area contributed by atoms with E-state index in [1.54, 1.807) is 18.2 Å². The van der Waals surface area contributed by atoms with Crippen LogP contribution >= 0.6 is 12.2 Å². The van der Waals surface area contributed by atoms with E-state index in [1.165, 1.54) is 0 Å². The van der Waals surface area contributed by atoms with Crippen molar-refractivity contribution in [3.8, 4) is 0 Å². The van der Waals surface area contributed by atoms with Crippen molar-refractivity contribution in [2.24, 2.45) is 0 Å². The first kappa shape index (κ1) is 9.33. The number of aromatic nitrogens is 2. The van der Waals surface area contributed by atoms with Crippen molar-refractivity contribution in [1.29, 1.82) is 0 Å². The second-order valence-electron chi connectivity index (χ2n) is 3.05. The molecule has 14 heavy (non-hydrogen) atoms. The first-order valence-electron chi connectivity index (χ1n) is 4.14. The third kappa shape index (κ3) is 1.82. The van der Waals surface area contributed by atoms with Gasteiger partial charge in [-0.2, -0.15) is 0 Å². The van der Waals surface area contributed by atoms with Gasteiger partial charge in [-0.05, 0) is 29.9 Å². The number of alkyl halides is 2. The van der Waals surface area contributed by atoms with Crippen molar-refractivity contribution >= 4 is 23.3 Å². The van der Waals surface area contributed by atoms with E-state index in [-0.39, 0.29) is 6.42 Å². The molecule has 1 aromatic heterocycles. The fourth-order valence-electron chi connectivity index (χ4n) is 1.38. The zero-order valence-electron chi connectivity index (χ0n) is 7.18. The Labute approximate surface area is 84.0 Å². The molecular formula is C9H8F2N2S. The Bertz CT molecular complexity index is 501. The smallest absolute Gasteiger partial charge is 0.242 e. The molecule has 0 aliphatic rings. The molecule has 0 fully saturated rings. The van der Waals surface area contributed by atoms with Crippen LogP contribution in [0.1, 0.15) is 5.56 Å². The van der Waals surface area contributed by atoms with Gasteiger partial charge < -0.3 is 9.97 Å². The lowest BCUT2D eigenvalue weighted by molar-refractivity contribution is 0.149. The van der Waals surface area contributed by atoms with Gasteiger partial charge in [0.05, 0.1) is 11.0 Å². The molecule has 0 atom stereocenters. The molecule has 2 rings (SSSR count). The fraction of sp³-hybridized carbons (Fsp3) is 0.222. The summed E-state index contributed by atoms with van der Waals surface area (Å²) >= 11 is 4.88. The summed E-state index contributed by atoms with van der Waals surface area (Å²) in [7, 11) is 0. The first-order chi connectivity index (χ1) is 6.65. The van der Waals surface area contributed by atoms with Crippen LogP contribution in [0.3, 0.4) is 0 Å². The van der Waals surface area contributed by atoms with Gasteiger partial charge >= 0.3 is 0 Å². The minimum atomic E-state index is -2.31. The lowest BCUT2D eigenvalue weighted by Gasteiger charge is -1.99. The van der Waals surface area contributed by atoms with Crippen LogP contribution < -0.4 is 0 Å². The summed E-state index contributed by atoms with van der Waals surface area (Å²) < 4.78 is 24.7. The molecule has 0 aliphatic heterocycles. The van der Waals surface area contributed by atoms with Crippen LogP contribution in [-0.4, -0.2) is 16.4 Å². The highest BCUT2D eigenvalue weighted by molar-refractivity contribution is 7.71. The van der Waals surface area contributed by atoms with E-state index in [4.69, 9.17) is 12.2 Å². The van der Waals surface area contributed by atoms with Crippen LogP contribution in [0.4, 0.5) is 8.78 Å². The van der Waals surface area contributed by atoms with E-state index in [0.717, 1.165) is 11.0 Å². The van der Waals surface area contributed by atoms with Gasteiger partial charge in [0.2, 0.25) is 6.43 Å². The molecule has 0 saturated carbocycles. The van der Waals surface area contributed by atoms with Gasteiger partial charge in [0.15, 0.2) is 4.77 Å². The number of benzene rings is 1.